The second-order valence-electron chi connectivity index (χ2n) is 8.51. The van der Waals surface area contributed by atoms with Gasteiger partial charge in [-0.2, -0.15) is 5.26 Å². The Labute approximate surface area is 183 Å². The number of ketones is 1. The number of nitrogens with two attached hydrogens (primary N) is 1. The molecule has 0 bridgehead atoms. The van der Waals surface area contributed by atoms with Gasteiger partial charge in [-0.1, -0.05) is 48.0 Å². The molecule has 1 aliphatic heterocycles. The molecule has 1 atom stereocenters. The van der Waals surface area contributed by atoms with Crippen LogP contribution in [0.4, 0.5) is 10.1 Å². The number of Topliss-reactive ketones (excluding diaryl/α,β-unsaturated/α-hetero) is 1. The molecule has 1 aliphatic carbocycles. The van der Waals surface area contributed by atoms with Gasteiger partial charge in [0.1, 0.15) is 11.6 Å². The molecule has 0 saturated carbocycles. The van der Waals surface area contributed by atoms with Gasteiger partial charge in [-0.3, -0.25) is 9.69 Å². The number of carbonyl (C=O) groups is 1. The minimum atomic E-state index is -0.599. The Morgan fingerprint density at radius 3 is 2.53 bits per heavy atom. The third-order valence-corrected chi connectivity index (χ3v) is 6.14. The Hall–Kier alpha value is -2.91. The smallest absolute Gasteiger partial charge is 0.162 e. The second kappa shape index (κ2) is 7.41. The summed E-state index contributed by atoms with van der Waals surface area (Å²) in [6, 6.07) is 15.8. The summed E-state index contributed by atoms with van der Waals surface area (Å²) in [4.78, 5) is 15.2. The van der Waals surface area contributed by atoms with Crippen molar-refractivity contribution in [2.75, 3.05) is 4.90 Å². The first-order valence-electron chi connectivity index (χ1n) is 9.69. The molecule has 4 nitrogen and oxygen atoms in total. The Morgan fingerprint density at radius 2 is 1.90 bits per heavy atom. The molecule has 0 radical (unpaired) electrons. The molecule has 1 unspecified atom stereocenters. The van der Waals surface area contributed by atoms with E-state index in [9.17, 15) is 14.4 Å². The van der Waals surface area contributed by atoms with Gasteiger partial charge in [-0.25, -0.2) is 4.39 Å². The lowest BCUT2D eigenvalue weighted by Gasteiger charge is -2.43. The van der Waals surface area contributed by atoms with Crippen molar-refractivity contribution >= 4 is 27.4 Å². The van der Waals surface area contributed by atoms with Gasteiger partial charge < -0.3 is 5.73 Å². The maximum Gasteiger partial charge on any atom is 0.162 e. The quantitative estimate of drug-likeness (QED) is 0.632. The summed E-state index contributed by atoms with van der Waals surface area (Å²) in [6.45, 7) is 4.11. The highest BCUT2D eigenvalue weighted by Crippen LogP contribution is 2.50. The molecule has 4 rings (SSSR count). The van der Waals surface area contributed by atoms with Crippen molar-refractivity contribution < 1.29 is 9.18 Å². The number of hydrogen-bond donors (Lipinski definition) is 1. The molecule has 30 heavy (non-hydrogen) atoms. The van der Waals surface area contributed by atoms with Crippen LogP contribution < -0.4 is 10.6 Å². The zero-order valence-corrected chi connectivity index (χ0v) is 18.3. The first-order chi connectivity index (χ1) is 14.2. The average Bonchev–Trinajstić information content (AvgIpc) is 2.67. The van der Waals surface area contributed by atoms with Gasteiger partial charge in [0.15, 0.2) is 5.78 Å². The topological polar surface area (TPSA) is 70.1 Å². The standard InChI is InChI=1S/C24H21BrFN3O/c1-24(2)11-19-22(20(30)12-24)21(14-6-8-16(26)9-7-14)18(13-27)23(28)29(19)17-5-3-4-15(25)10-17/h3-10,21H,11-12,28H2,1-2H3. The van der Waals surface area contributed by atoms with Crippen molar-refractivity contribution in [3.63, 3.8) is 0 Å². The summed E-state index contributed by atoms with van der Waals surface area (Å²) in [5, 5.41) is 10.0. The summed E-state index contributed by atoms with van der Waals surface area (Å²) in [6.07, 6.45) is 1.02. The van der Waals surface area contributed by atoms with Crippen molar-refractivity contribution in [2.24, 2.45) is 11.1 Å². The predicted molar refractivity (Wildman–Crippen MR) is 118 cm³/mol. The minimum absolute atomic E-state index is 0.00387. The van der Waals surface area contributed by atoms with E-state index in [4.69, 9.17) is 5.73 Å². The third-order valence-electron chi connectivity index (χ3n) is 5.65. The molecule has 152 valence electrons. The third kappa shape index (κ3) is 3.44. The fourth-order valence-corrected chi connectivity index (χ4v) is 4.79. The first-order valence-corrected chi connectivity index (χ1v) is 10.5. The molecule has 0 amide bonds. The summed E-state index contributed by atoms with van der Waals surface area (Å²) in [7, 11) is 0. The molecule has 0 saturated heterocycles. The van der Waals surface area contributed by atoms with Gasteiger partial charge in [-0.15, -0.1) is 0 Å². The van der Waals surface area contributed by atoms with Crippen molar-refractivity contribution in [1.29, 1.82) is 5.26 Å². The molecule has 2 aromatic carbocycles. The van der Waals surface area contributed by atoms with Crippen molar-refractivity contribution in [3.8, 4) is 6.07 Å². The summed E-state index contributed by atoms with van der Waals surface area (Å²) < 4.78 is 14.4. The molecular weight excluding hydrogens is 445 g/mol. The summed E-state index contributed by atoms with van der Waals surface area (Å²) >= 11 is 3.49. The Kier molecular flexibility index (Phi) is 5.03. The van der Waals surface area contributed by atoms with Gasteiger partial charge in [0.05, 0.1) is 17.6 Å². The highest BCUT2D eigenvalue weighted by Gasteiger charge is 2.44. The number of hydrogen-bond acceptors (Lipinski definition) is 4. The second-order valence-corrected chi connectivity index (χ2v) is 9.43. The van der Waals surface area contributed by atoms with Crippen molar-refractivity contribution in [2.45, 2.75) is 32.6 Å². The molecule has 2 aromatic rings. The Bertz CT molecular complexity index is 1140. The largest absolute Gasteiger partial charge is 0.384 e. The number of halogens is 2. The molecular formula is C24H21BrFN3O. The number of anilines is 1. The van der Waals surface area contributed by atoms with Gasteiger partial charge in [-0.05, 0) is 47.7 Å². The lowest BCUT2D eigenvalue weighted by molar-refractivity contribution is -0.118. The molecule has 0 aromatic heterocycles. The number of rotatable bonds is 2. The molecule has 2 aliphatic rings. The Morgan fingerprint density at radius 1 is 1.20 bits per heavy atom. The van der Waals surface area contributed by atoms with Crippen LogP contribution in [0.25, 0.3) is 0 Å². The number of nitriles is 1. The highest BCUT2D eigenvalue weighted by molar-refractivity contribution is 9.10. The number of allylic oxidation sites excluding steroid dienone is 3. The van der Waals surface area contributed by atoms with Crippen LogP contribution in [0.5, 0.6) is 0 Å². The van der Waals surface area contributed by atoms with Crippen LogP contribution in [0, 0.1) is 22.6 Å². The van der Waals surface area contributed by atoms with E-state index in [0.29, 0.717) is 35.4 Å². The van der Waals surface area contributed by atoms with E-state index in [1.54, 1.807) is 12.1 Å². The van der Waals surface area contributed by atoms with Gasteiger partial charge >= 0.3 is 0 Å². The maximum atomic E-state index is 13.5. The molecule has 0 fully saturated rings. The van der Waals surface area contributed by atoms with Crippen LogP contribution in [-0.4, -0.2) is 5.78 Å². The Balaban J connectivity index is 2.00. The number of benzene rings is 2. The van der Waals surface area contributed by atoms with Crippen LogP contribution in [0.1, 0.15) is 38.2 Å². The van der Waals surface area contributed by atoms with Gasteiger partial charge in [0.25, 0.3) is 0 Å². The monoisotopic (exact) mass is 465 g/mol. The van der Waals surface area contributed by atoms with Crippen LogP contribution in [0.3, 0.4) is 0 Å². The van der Waals surface area contributed by atoms with Crippen molar-refractivity contribution in [3.05, 3.63) is 87.0 Å². The fourth-order valence-electron chi connectivity index (χ4n) is 4.41. The van der Waals surface area contributed by atoms with E-state index in [1.807, 2.05) is 29.2 Å². The first kappa shape index (κ1) is 20.4. The molecule has 1 heterocycles. The van der Waals surface area contributed by atoms with Gasteiger partial charge in [0.2, 0.25) is 0 Å². The number of carbonyl (C=O) groups excluding carboxylic acids is 1. The van der Waals surface area contributed by atoms with Crippen molar-refractivity contribution in [1.82, 2.24) is 0 Å². The normalized spacial score (nSPS) is 20.8. The lowest BCUT2D eigenvalue weighted by atomic mass is 9.68. The average molecular weight is 466 g/mol. The van der Waals surface area contributed by atoms with E-state index in [-0.39, 0.29) is 17.0 Å². The SMILES string of the molecule is CC1(C)CC(=O)C2=C(C1)N(c1cccc(Br)c1)C(N)=C(C#N)C2c1ccc(F)cc1. The predicted octanol–water partition coefficient (Wildman–Crippen LogP) is 5.53. The lowest BCUT2D eigenvalue weighted by Crippen LogP contribution is -2.42. The van der Waals surface area contributed by atoms with Gasteiger partial charge in [0, 0.05) is 27.9 Å². The zero-order valence-electron chi connectivity index (χ0n) is 16.7. The van der Waals surface area contributed by atoms with E-state index in [1.165, 1.54) is 12.1 Å². The minimum Gasteiger partial charge on any atom is -0.384 e. The van der Waals surface area contributed by atoms with E-state index in [0.717, 1.165) is 15.9 Å². The van der Waals surface area contributed by atoms with Crippen LogP contribution >= 0.6 is 15.9 Å². The van der Waals surface area contributed by atoms with Crippen LogP contribution in [0.2, 0.25) is 0 Å². The van der Waals surface area contributed by atoms with Crippen LogP contribution in [-0.2, 0) is 4.79 Å². The van der Waals surface area contributed by atoms with Crippen LogP contribution in [0.15, 0.2) is 75.7 Å². The summed E-state index contributed by atoms with van der Waals surface area (Å²) in [5.74, 6) is -0.673. The molecule has 6 heteroatoms. The molecule has 0 spiro atoms. The van der Waals surface area contributed by atoms with E-state index < -0.39 is 5.92 Å². The highest BCUT2D eigenvalue weighted by atomic mass is 79.9. The zero-order chi connectivity index (χ0) is 21.6. The van der Waals surface area contributed by atoms with E-state index >= 15 is 0 Å². The molecule has 2 N–H and O–H groups in total. The summed E-state index contributed by atoms with van der Waals surface area (Å²) in [5.41, 5.74) is 9.47. The van der Waals surface area contributed by atoms with E-state index in [2.05, 4.69) is 35.8 Å². The fraction of sp³-hybridized carbons (Fsp3) is 0.250. The maximum absolute atomic E-state index is 13.5. The number of nitrogens with zero attached hydrogens (tertiary/aromatic N) is 2.